The molecular weight excluding hydrogens is 575 g/mol. The molecule has 5 atom stereocenters. The van der Waals surface area contributed by atoms with E-state index in [1.165, 1.54) is 51.4 Å². The normalized spacial score (nSPS) is 21.8. The molecule has 1 saturated heterocycles. The summed E-state index contributed by atoms with van der Waals surface area (Å²) >= 11 is 0. The fourth-order valence-corrected chi connectivity index (χ4v) is 7.87. The van der Waals surface area contributed by atoms with Crippen LogP contribution in [-0.4, -0.2) is 64.6 Å². The summed E-state index contributed by atoms with van der Waals surface area (Å²) < 4.78 is 27.5. The van der Waals surface area contributed by atoms with Crippen LogP contribution in [0.2, 0.25) is 36.3 Å². The molecule has 0 spiro atoms. The summed E-state index contributed by atoms with van der Waals surface area (Å²) in [6.07, 6.45) is 11.8. The largest absolute Gasteiger partial charge is 0.411 e. The van der Waals surface area contributed by atoms with Gasteiger partial charge in [-0.1, -0.05) is 118 Å². The van der Waals surface area contributed by atoms with Gasteiger partial charge in [0, 0.05) is 4.91 Å². The Labute approximate surface area is 267 Å². The van der Waals surface area contributed by atoms with Crippen molar-refractivity contribution < 1.29 is 23.4 Å². The number of azide groups is 1. The van der Waals surface area contributed by atoms with Gasteiger partial charge in [0.05, 0.1) is 24.9 Å². The van der Waals surface area contributed by atoms with Gasteiger partial charge in [0.2, 0.25) is 0 Å². The summed E-state index contributed by atoms with van der Waals surface area (Å²) in [5.74, 6) is -0.915. The van der Waals surface area contributed by atoms with E-state index in [1.807, 2.05) is 13.8 Å². The van der Waals surface area contributed by atoms with Crippen LogP contribution in [0.5, 0.6) is 0 Å². The van der Waals surface area contributed by atoms with Gasteiger partial charge in [0.25, 0.3) is 0 Å². The van der Waals surface area contributed by atoms with Crippen LogP contribution in [0, 0.1) is 0 Å². The summed E-state index contributed by atoms with van der Waals surface area (Å²) in [6.45, 7) is 28.3. The number of nitrogens with zero attached hydrogens (tertiary/aromatic N) is 3. The van der Waals surface area contributed by atoms with Crippen LogP contribution in [-0.2, 0) is 18.3 Å². The van der Waals surface area contributed by atoms with Gasteiger partial charge in [0.15, 0.2) is 22.4 Å². The third-order valence-corrected chi connectivity index (χ3v) is 18.9. The monoisotopic (exact) mass is 643 g/mol. The number of hydrogen-bond acceptors (Lipinski definition) is 6. The molecule has 0 amide bonds. The SMILES string of the molecule is CCCCCCCCCCCCC(O[Si](C)(C)C(C)(C)C)C(O[Si](C)(C)C(C)(C)C)C1OC(C)(C)OC1C(CO)N=[N+]=[N-]. The Hall–Kier alpha value is -0.456. The van der Waals surface area contributed by atoms with Crippen LogP contribution >= 0.6 is 0 Å². The number of rotatable bonds is 20. The fourth-order valence-electron chi connectivity index (χ4n) is 5.19. The van der Waals surface area contributed by atoms with E-state index in [4.69, 9.17) is 18.3 Å². The van der Waals surface area contributed by atoms with E-state index in [1.54, 1.807) is 0 Å². The van der Waals surface area contributed by atoms with Gasteiger partial charge in [-0.3, -0.25) is 0 Å². The minimum absolute atomic E-state index is 0.0228. The van der Waals surface area contributed by atoms with Crippen LogP contribution in [0.1, 0.15) is 133 Å². The van der Waals surface area contributed by atoms with Crippen LogP contribution in [0.25, 0.3) is 10.4 Å². The Bertz CT molecular complexity index is 850. The number of ether oxygens (including phenoxy) is 2. The molecule has 43 heavy (non-hydrogen) atoms. The van der Waals surface area contributed by atoms with Crippen molar-refractivity contribution in [3.05, 3.63) is 10.4 Å². The highest BCUT2D eigenvalue weighted by atomic mass is 28.4. The molecule has 0 aliphatic carbocycles. The molecule has 0 bridgehead atoms. The fraction of sp³-hybridized carbons (Fsp3) is 1.00. The highest BCUT2D eigenvalue weighted by molar-refractivity contribution is 6.74. The molecule has 0 aromatic rings. The molecule has 0 saturated carbocycles. The quantitative estimate of drug-likeness (QED) is 0.0467. The first-order valence-electron chi connectivity index (χ1n) is 17.1. The topological polar surface area (TPSA) is 106 Å². The lowest BCUT2D eigenvalue weighted by atomic mass is 9.95. The lowest BCUT2D eigenvalue weighted by Gasteiger charge is -2.47. The lowest BCUT2D eigenvalue weighted by molar-refractivity contribution is -0.161. The van der Waals surface area contributed by atoms with Crippen molar-refractivity contribution >= 4 is 16.6 Å². The highest BCUT2D eigenvalue weighted by Crippen LogP contribution is 2.44. The Balaban J connectivity index is 3.37. The highest BCUT2D eigenvalue weighted by Gasteiger charge is 2.54. The van der Waals surface area contributed by atoms with Gasteiger partial charge in [-0.2, -0.15) is 0 Å². The molecule has 254 valence electrons. The molecule has 0 aromatic heterocycles. The van der Waals surface area contributed by atoms with E-state index >= 15 is 0 Å². The second-order valence-corrected chi connectivity index (χ2v) is 25.8. The van der Waals surface area contributed by atoms with Gasteiger partial charge in [0.1, 0.15) is 12.2 Å². The van der Waals surface area contributed by atoms with Crippen molar-refractivity contribution in [1.29, 1.82) is 0 Å². The molecular formula is C33H69N3O5Si2. The number of hydrogen-bond donors (Lipinski definition) is 1. The first kappa shape index (κ1) is 40.6. The second-order valence-electron chi connectivity index (χ2n) is 16.2. The molecule has 0 radical (unpaired) electrons. The Morgan fingerprint density at radius 1 is 0.791 bits per heavy atom. The van der Waals surface area contributed by atoms with Gasteiger partial charge in [-0.05, 0) is 62.1 Å². The van der Waals surface area contributed by atoms with Crippen molar-refractivity contribution in [2.45, 2.75) is 205 Å². The van der Waals surface area contributed by atoms with E-state index in [-0.39, 0.29) is 22.8 Å². The zero-order chi connectivity index (χ0) is 33.1. The molecule has 1 aliphatic rings. The number of aliphatic hydroxyl groups excluding tert-OH is 1. The number of aliphatic hydroxyl groups is 1. The van der Waals surface area contributed by atoms with Crippen molar-refractivity contribution in [2.24, 2.45) is 5.11 Å². The predicted molar refractivity (Wildman–Crippen MR) is 184 cm³/mol. The van der Waals surface area contributed by atoms with Crippen molar-refractivity contribution in [1.82, 2.24) is 0 Å². The maximum absolute atomic E-state index is 10.2. The Kier molecular flexibility index (Phi) is 16.5. The number of unbranched alkanes of at least 4 members (excludes halogenated alkanes) is 9. The van der Waals surface area contributed by atoms with Gasteiger partial charge in [-0.15, -0.1) is 0 Å². The second kappa shape index (κ2) is 17.5. The van der Waals surface area contributed by atoms with E-state index in [0.717, 1.165) is 19.3 Å². The average Bonchev–Trinajstić information content (AvgIpc) is 3.19. The summed E-state index contributed by atoms with van der Waals surface area (Å²) in [7, 11) is -4.51. The van der Waals surface area contributed by atoms with Gasteiger partial charge >= 0.3 is 0 Å². The average molecular weight is 644 g/mol. The molecule has 1 fully saturated rings. The van der Waals surface area contributed by atoms with Crippen LogP contribution in [0.3, 0.4) is 0 Å². The molecule has 1 rings (SSSR count). The molecule has 8 nitrogen and oxygen atoms in total. The zero-order valence-corrected chi connectivity index (χ0v) is 32.3. The maximum Gasteiger partial charge on any atom is 0.192 e. The smallest absolute Gasteiger partial charge is 0.192 e. The van der Waals surface area contributed by atoms with Crippen molar-refractivity contribution in [3.8, 4) is 0 Å². The first-order chi connectivity index (χ1) is 19.7. The van der Waals surface area contributed by atoms with Gasteiger partial charge < -0.3 is 23.4 Å². The van der Waals surface area contributed by atoms with Crippen LogP contribution in [0.4, 0.5) is 0 Å². The summed E-state index contributed by atoms with van der Waals surface area (Å²) in [5, 5.41) is 14.1. The minimum atomic E-state index is -2.30. The molecule has 5 unspecified atom stereocenters. The van der Waals surface area contributed by atoms with Crippen molar-refractivity contribution in [3.63, 3.8) is 0 Å². The molecule has 0 aromatic carbocycles. The third kappa shape index (κ3) is 13.1. The molecule has 1 N–H and O–H groups in total. The molecule has 10 heteroatoms. The maximum atomic E-state index is 10.2. The van der Waals surface area contributed by atoms with E-state index < -0.39 is 46.8 Å². The van der Waals surface area contributed by atoms with Crippen LogP contribution in [0.15, 0.2) is 5.11 Å². The summed E-state index contributed by atoms with van der Waals surface area (Å²) in [4.78, 5) is 3.02. The summed E-state index contributed by atoms with van der Waals surface area (Å²) in [5.41, 5.74) is 9.29. The van der Waals surface area contributed by atoms with E-state index in [9.17, 15) is 10.6 Å². The molecule has 1 aliphatic heterocycles. The van der Waals surface area contributed by atoms with Crippen molar-refractivity contribution in [2.75, 3.05) is 6.61 Å². The van der Waals surface area contributed by atoms with Crippen LogP contribution < -0.4 is 0 Å². The first-order valence-corrected chi connectivity index (χ1v) is 22.9. The Morgan fingerprint density at radius 2 is 1.23 bits per heavy atom. The standard InChI is InChI=1S/C33H69N3O5Si2/c1-14-15-16-17-18-19-20-21-22-23-24-27(40-42(10,11)31(2,3)4)29(41-43(12,13)32(5,6)7)30-28(26(25-37)35-36-34)38-33(8,9)39-30/h26-30,37H,14-25H2,1-13H3. The zero-order valence-electron chi connectivity index (χ0n) is 30.3. The van der Waals surface area contributed by atoms with E-state index in [0.29, 0.717) is 0 Å². The third-order valence-electron chi connectivity index (χ3n) is 9.95. The van der Waals surface area contributed by atoms with Gasteiger partial charge in [-0.25, -0.2) is 0 Å². The molecule has 1 heterocycles. The summed E-state index contributed by atoms with van der Waals surface area (Å²) in [6, 6.07) is -0.784. The Morgan fingerprint density at radius 3 is 1.67 bits per heavy atom. The van der Waals surface area contributed by atoms with E-state index in [2.05, 4.69) is 84.7 Å². The predicted octanol–water partition coefficient (Wildman–Crippen LogP) is 10.3. The lowest BCUT2D eigenvalue weighted by Crippen LogP contribution is -2.58. The minimum Gasteiger partial charge on any atom is -0.411 e.